The lowest BCUT2D eigenvalue weighted by Gasteiger charge is -2.39. The molecular weight excluding hydrogens is 356 g/mol. The minimum atomic E-state index is -0.504. The van der Waals surface area contributed by atoms with Crippen molar-refractivity contribution in [1.29, 1.82) is 0 Å². The third kappa shape index (κ3) is 4.36. The number of nitrogens with zero attached hydrogens (tertiary/aromatic N) is 3. The maximum atomic E-state index is 12.9. The molecule has 2 aliphatic rings. The summed E-state index contributed by atoms with van der Waals surface area (Å²) in [4.78, 5) is 31.8. The Morgan fingerprint density at radius 3 is 2.36 bits per heavy atom. The molecule has 1 fully saturated rings. The van der Waals surface area contributed by atoms with E-state index < -0.39 is 6.04 Å². The first kappa shape index (κ1) is 20.4. The molecule has 0 saturated carbocycles. The molecule has 0 bridgehead atoms. The molecule has 3 rings (SSSR count). The minimum absolute atomic E-state index is 0.205. The summed E-state index contributed by atoms with van der Waals surface area (Å²) in [5, 5.41) is 2.96. The van der Waals surface area contributed by atoms with E-state index in [4.69, 9.17) is 4.74 Å². The van der Waals surface area contributed by atoms with Crippen molar-refractivity contribution in [3.63, 3.8) is 0 Å². The summed E-state index contributed by atoms with van der Waals surface area (Å²) in [5.41, 5.74) is 2.12. The molecule has 0 aromatic heterocycles. The van der Waals surface area contributed by atoms with Gasteiger partial charge in [0.05, 0.1) is 18.2 Å². The Labute approximate surface area is 166 Å². The van der Waals surface area contributed by atoms with Crippen LogP contribution in [0.2, 0.25) is 0 Å². The number of nitrogens with one attached hydrogen (secondary N) is 1. The third-order valence-electron chi connectivity index (χ3n) is 5.49. The highest BCUT2D eigenvalue weighted by Crippen LogP contribution is 2.31. The number of rotatable bonds is 6. The number of amides is 2. The van der Waals surface area contributed by atoms with Gasteiger partial charge in [0.1, 0.15) is 0 Å². The second kappa shape index (κ2) is 9.21. The van der Waals surface area contributed by atoms with Crippen LogP contribution in [0, 0.1) is 0 Å². The van der Waals surface area contributed by atoms with Crippen molar-refractivity contribution in [1.82, 2.24) is 20.0 Å². The van der Waals surface area contributed by atoms with Crippen LogP contribution in [-0.2, 0) is 9.53 Å². The number of carbonyl (C=O) groups excluding carboxylic acids is 2. The smallest absolute Gasteiger partial charge is 0.338 e. The Morgan fingerprint density at radius 1 is 1.11 bits per heavy atom. The number of hydrogen-bond donors (Lipinski definition) is 1. The standard InChI is InChI=1S/C21H30N4O3/c1-4-24-11-13-25(14-12-24)15-17-18(20(26)28-5-2)19(22-21(27)23(17)3)16-9-7-6-8-10-16/h6-10,19H,4-5,11-15H2,1-3H3,(H,22,27)/t19-/m1/s1. The first-order chi connectivity index (χ1) is 13.5. The van der Waals surface area contributed by atoms with Crippen LogP contribution in [0.25, 0.3) is 0 Å². The highest BCUT2D eigenvalue weighted by atomic mass is 16.5. The van der Waals surface area contributed by atoms with E-state index in [-0.39, 0.29) is 12.0 Å². The molecule has 152 valence electrons. The van der Waals surface area contributed by atoms with Gasteiger partial charge in [-0.25, -0.2) is 9.59 Å². The van der Waals surface area contributed by atoms with E-state index in [2.05, 4.69) is 22.0 Å². The first-order valence-electron chi connectivity index (χ1n) is 9.99. The van der Waals surface area contributed by atoms with Crippen LogP contribution in [0.4, 0.5) is 4.79 Å². The maximum absolute atomic E-state index is 12.9. The molecule has 0 radical (unpaired) electrons. The van der Waals surface area contributed by atoms with Gasteiger partial charge in [-0.05, 0) is 19.0 Å². The number of likely N-dealkylation sites (N-methyl/N-ethyl adjacent to an activating group) is 2. The van der Waals surface area contributed by atoms with Crippen LogP contribution >= 0.6 is 0 Å². The van der Waals surface area contributed by atoms with E-state index in [1.54, 1.807) is 18.9 Å². The Hall–Kier alpha value is -2.38. The Balaban J connectivity index is 1.95. The van der Waals surface area contributed by atoms with Gasteiger partial charge in [0.15, 0.2) is 0 Å². The fourth-order valence-corrected chi connectivity index (χ4v) is 3.77. The molecule has 1 aromatic carbocycles. The highest BCUT2D eigenvalue weighted by molar-refractivity contribution is 5.95. The molecule has 1 atom stereocenters. The van der Waals surface area contributed by atoms with Crippen molar-refractivity contribution < 1.29 is 14.3 Å². The monoisotopic (exact) mass is 386 g/mol. The SMILES string of the molecule is CCOC(=O)C1=C(CN2CCN(CC)CC2)N(C)C(=O)N[C@@H]1c1ccccc1. The number of urea groups is 1. The number of hydrogen-bond acceptors (Lipinski definition) is 5. The first-order valence-corrected chi connectivity index (χ1v) is 9.99. The summed E-state index contributed by atoms with van der Waals surface area (Å²) in [6.45, 7) is 9.68. The molecule has 28 heavy (non-hydrogen) atoms. The number of ether oxygens (including phenoxy) is 1. The lowest BCUT2D eigenvalue weighted by Crippen LogP contribution is -2.52. The van der Waals surface area contributed by atoms with Crippen molar-refractivity contribution in [3.8, 4) is 0 Å². The summed E-state index contributed by atoms with van der Waals surface area (Å²) in [7, 11) is 1.72. The van der Waals surface area contributed by atoms with Crippen LogP contribution in [0.1, 0.15) is 25.5 Å². The molecular formula is C21H30N4O3. The van der Waals surface area contributed by atoms with E-state index in [1.807, 2.05) is 30.3 Å². The second-order valence-corrected chi connectivity index (χ2v) is 7.14. The van der Waals surface area contributed by atoms with Gasteiger partial charge in [0.25, 0.3) is 0 Å². The van der Waals surface area contributed by atoms with Gasteiger partial charge in [-0.2, -0.15) is 0 Å². The summed E-state index contributed by atoms with van der Waals surface area (Å²) >= 11 is 0. The van der Waals surface area contributed by atoms with Crippen molar-refractivity contribution in [2.75, 3.05) is 52.9 Å². The van der Waals surface area contributed by atoms with E-state index in [1.165, 1.54) is 0 Å². The zero-order valence-electron chi connectivity index (χ0n) is 17.0. The molecule has 2 heterocycles. The number of benzene rings is 1. The predicted molar refractivity (Wildman–Crippen MR) is 108 cm³/mol. The van der Waals surface area contributed by atoms with Gasteiger partial charge in [-0.1, -0.05) is 37.3 Å². The average molecular weight is 386 g/mol. The molecule has 0 aliphatic carbocycles. The van der Waals surface area contributed by atoms with Crippen LogP contribution in [0.5, 0.6) is 0 Å². The quantitative estimate of drug-likeness (QED) is 0.756. The zero-order valence-corrected chi connectivity index (χ0v) is 17.0. The van der Waals surface area contributed by atoms with Crippen LogP contribution < -0.4 is 5.32 Å². The van der Waals surface area contributed by atoms with Crippen LogP contribution in [0.15, 0.2) is 41.6 Å². The van der Waals surface area contributed by atoms with Gasteiger partial charge >= 0.3 is 12.0 Å². The Kier molecular flexibility index (Phi) is 6.70. The summed E-state index contributed by atoms with van der Waals surface area (Å²) < 4.78 is 5.37. The molecule has 7 heteroatoms. The summed E-state index contributed by atoms with van der Waals surface area (Å²) in [6, 6.07) is 8.88. The van der Waals surface area contributed by atoms with E-state index >= 15 is 0 Å². The van der Waals surface area contributed by atoms with Gasteiger partial charge in [0.2, 0.25) is 0 Å². The lowest BCUT2D eigenvalue weighted by molar-refractivity contribution is -0.139. The second-order valence-electron chi connectivity index (χ2n) is 7.14. The number of esters is 1. The van der Waals surface area contributed by atoms with Crippen molar-refractivity contribution in [3.05, 3.63) is 47.2 Å². The molecule has 2 aliphatic heterocycles. The van der Waals surface area contributed by atoms with Crippen LogP contribution in [0.3, 0.4) is 0 Å². The van der Waals surface area contributed by atoms with E-state index in [0.29, 0.717) is 18.7 Å². The zero-order chi connectivity index (χ0) is 20.1. The molecule has 7 nitrogen and oxygen atoms in total. The predicted octanol–water partition coefficient (Wildman–Crippen LogP) is 1.84. The molecule has 0 unspecified atom stereocenters. The fraction of sp³-hybridized carbons (Fsp3) is 0.524. The van der Waals surface area contributed by atoms with Gasteiger partial charge < -0.3 is 15.0 Å². The largest absolute Gasteiger partial charge is 0.463 e. The molecule has 2 amide bonds. The van der Waals surface area contributed by atoms with Crippen molar-refractivity contribution >= 4 is 12.0 Å². The lowest BCUT2D eigenvalue weighted by atomic mass is 9.94. The summed E-state index contributed by atoms with van der Waals surface area (Å²) in [5.74, 6) is -0.370. The maximum Gasteiger partial charge on any atom is 0.338 e. The Bertz CT molecular complexity index is 726. The molecule has 1 aromatic rings. The average Bonchev–Trinajstić information content (AvgIpc) is 2.72. The van der Waals surface area contributed by atoms with Gasteiger partial charge in [-0.3, -0.25) is 9.80 Å². The topological polar surface area (TPSA) is 65.1 Å². The van der Waals surface area contributed by atoms with Gasteiger partial charge in [-0.15, -0.1) is 0 Å². The number of piperazine rings is 1. The van der Waals surface area contributed by atoms with Crippen molar-refractivity contribution in [2.24, 2.45) is 0 Å². The highest BCUT2D eigenvalue weighted by Gasteiger charge is 2.37. The summed E-state index contributed by atoms with van der Waals surface area (Å²) in [6.07, 6.45) is 0. The fourth-order valence-electron chi connectivity index (χ4n) is 3.77. The Morgan fingerprint density at radius 2 is 1.75 bits per heavy atom. The molecule has 0 spiro atoms. The molecule has 1 N–H and O–H groups in total. The third-order valence-corrected chi connectivity index (χ3v) is 5.49. The van der Waals surface area contributed by atoms with E-state index in [0.717, 1.165) is 44.0 Å². The number of carbonyl (C=O) groups is 2. The normalized spacial score (nSPS) is 21.6. The van der Waals surface area contributed by atoms with E-state index in [9.17, 15) is 9.59 Å². The van der Waals surface area contributed by atoms with Crippen LogP contribution in [-0.4, -0.2) is 79.6 Å². The minimum Gasteiger partial charge on any atom is -0.463 e. The van der Waals surface area contributed by atoms with Gasteiger partial charge in [0, 0.05) is 45.5 Å². The molecule has 1 saturated heterocycles. The van der Waals surface area contributed by atoms with Crippen molar-refractivity contribution in [2.45, 2.75) is 19.9 Å².